The van der Waals surface area contributed by atoms with Gasteiger partial charge in [-0.15, -0.1) is 11.3 Å². The predicted molar refractivity (Wildman–Crippen MR) is 82.1 cm³/mol. The zero-order valence-corrected chi connectivity index (χ0v) is 13.5. The maximum atomic E-state index is 11.8. The van der Waals surface area contributed by atoms with Gasteiger partial charge in [-0.2, -0.15) is 0 Å². The molecule has 110 valence electrons. The van der Waals surface area contributed by atoms with Gasteiger partial charge in [0.25, 0.3) is 0 Å². The minimum absolute atomic E-state index is 0.206. The Morgan fingerprint density at radius 2 is 2.05 bits per heavy atom. The normalized spacial score (nSPS) is 12.2. The third-order valence-electron chi connectivity index (χ3n) is 2.81. The molecule has 0 aliphatic rings. The van der Waals surface area contributed by atoms with Crippen molar-refractivity contribution < 1.29 is 8.42 Å². The summed E-state index contributed by atoms with van der Waals surface area (Å²) in [5.74, 6) is 0.206. The molecule has 1 aromatic rings. The molecule has 0 aliphatic heterocycles. The number of rotatable bonds is 9. The van der Waals surface area contributed by atoms with E-state index in [1.807, 2.05) is 18.4 Å². The largest absolute Gasteiger partial charge is 0.315 e. The Morgan fingerprint density at radius 3 is 2.63 bits per heavy atom. The van der Waals surface area contributed by atoms with Crippen molar-refractivity contribution in [3.63, 3.8) is 0 Å². The molecule has 2 N–H and O–H groups in total. The molecule has 1 rings (SSSR count). The van der Waals surface area contributed by atoms with E-state index in [2.05, 4.69) is 23.9 Å². The van der Waals surface area contributed by atoms with Crippen LogP contribution in [-0.4, -0.2) is 26.8 Å². The maximum Gasteiger partial charge on any atom is 0.211 e. The lowest BCUT2D eigenvalue weighted by Crippen LogP contribution is -2.27. The molecule has 0 unspecified atom stereocenters. The highest BCUT2D eigenvalue weighted by molar-refractivity contribution is 7.89. The molecule has 1 heterocycles. The minimum atomic E-state index is -3.15. The van der Waals surface area contributed by atoms with Crippen LogP contribution in [0.5, 0.6) is 0 Å². The van der Waals surface area contributed by atoms with Crippen LogP contribution < -0.4 is 10.0 Å². The Labute approximate surface area is 120 Å². The molecule has 0 saturated heterocycles. The van der Waals surface area contributed by atoms with Crippen molar-refractivity contribution in [2.24, 2.45) is 0 Å². The zero-order chi connectivity index (χ0) is 14.3. The van der Waals surface area contributed by atoms with Crippen LogP contribution in [0.3, 0.4) is 0 Å². The van der Waals surface area contributed by atoms with E-state index in [1.165, 1.54) is 0 Å². The first-order valence-corrected chi connectivity index (χ1v) is 9.17. The molecule has 0 atom stereocenters. The number of unbranched alkanes of at least 4 members (excludes halogenated alkanes) is 1. The second kappa shape index (κ2) is 7.99. The predicted octanol–water partition coefficient (Wildman–Crippen LogP) is 2.25. The molecule has 0 saturated carbocycles. The third kappa shape index (κ3) is 7.06. The summed E-state index contributed by atoms with van der Waals surface area (Å²) in [6.07, 6.45) is 1.58. The second-order valence-electron chi connectivity index (χ2n) is 4.98. The average molecular weight is 304 g/mol. The molecular weight excluding hydrogens is 280 g/mol. The number of nitrogens with one attached hydrogen (secondary N) is 2. The van der Waals surface area contributed by atoms with Gasteiger partial charge < -0.3 is 5.32 Å². The summed E-state index contributed by atoms with van der Waals surface area (Å²) in [6, 6.07) is 2.46. The molecule has 0 aromatic carbocycles. The Bertz CT molecular complexity index is 467. The van der Waals surface area contributed by atoms with E-state index in [0.717, 1.165) is 23.4 Å². The monoisotopic (exact) mass is 304 g/mol. The Morgan fingerprint density at radius 1 is 1.32 bits per heavy atom. The maximum absolute atomic E-state index is 11.8. The number of thiophene rings is 1. The van der Waals surface area contributed by atoms with E-state index < -0.39 is 10.0 Å². The van der Waals surface area contributed by atoms with Crippen LogP contribution in [0.1, 0.15) is 37.1 Å². The highest BCUT2D eigenvalue weighted by Crippen LogP contribution is 2.15. The molecule has 0 amide bonds. The molecule has 4 nitrogen and oxygen atoms in total. The van der Waals surface area contributed by atoms with E-state index in [0.29, 0.717) is 19.0 Å². The first-order valence-electron chi connectivity index (χ1n) is 6.64. The lowest BCUT2D eigenvalue weighted by molar-refractivity contribution is 0.555. The van der Waals surface area contributed by atoms with Gasteiger partial charge in [0, 0.05) is 17.5 Å². The van der Waals surface area contributed by atoms with Crippen molar-refractivity contribution in [3.8, 4) is 0 Å². The van der Waals surface area contributed by atoms with Crippen LogP contribution in [0.15, 0.2) is 11.4 Å². The standard InChI is InChI=1S/C13H24N2O2S2/c1-11(2)14-7-4-5-9-19(16,17)15-10-13-12(3)6-8-18-13/h6,8,11,14-15H,4-5,7,9-10H2,1-3H3. The van der Waals surface area contributed by atoms with E-state index >= 15 is 0 Å². The van der Waals surface area contributed by atoms with Crippen molar-refractivity contribution in [1.82, 2.24) is 10.0 Å². The second-order valence-corrected chi connectivity index (χ2v) is 7.91. The number of aryl methyl sites for hydroxylation is 1. The van der Waals surface area contributed by atoms with Gasteiger partial charge >= 0.3 is 0 Å². The molecule has 0 bridgehead atoms. The summed E-state index contributed by atoms with van der Waals surface area (Å²) in [4.78, 5) is 1.09. The van der Waals surface area contributed by atoms with Gasteiger partial charge in [0.2, 0.25) is 10.0 Å². The quantitative estimate of drug-likeness (QED) is 0.688. The Kier molecular flexibility index (Phi) is 6.99. The first kappa shape index (κ1) is 16.6. The van der Waals surface area contributed by atoms with Crippen LogP contribution in [0.25, 0.3) is 0 Å². The average Bonchev–Trinajstić information content (AvgIpc) is 2.71. The van der Waals surface area contributed by atoms with E-state index in [4.69, 9.17) is 0 Å². The number of hydrogen-bond acceptors (Lipinski definition) is 4. The van der Waals surface area contributed by atoms with Gasteiger partial charge in [-0.3, -0.25) is 0 Å². The van der Waals surface area contributed by atoms with Gasteiger partial charge in [-0.25, -0.2) is 13.1 Å². The summed E-state index contributed by atoms with van der Waals surface area (Å²) >= 11 is 1.59. The van der Waals surface area contributed by atoms with Gasteiger partial charge in [-0.1, -0.05) is 13.8 Å². The van der Waals surface area contributed by atoms with Crippen molar-refractivity contribution in [3.05, 3.63) is 21.9 Å². The van der Waals surface area contributed by atoms with Crippen LogP contribution in [0.4, 0.5) is 0 Å². The van der Waals surface area contributed by atoms with Crippen LogP contribution in [0, 0.1) is 6.92 Å². The summed E-state index contributed by atoms with van der Waals surface area (Å²) < 4.78 is 26.3. The van der Waals surface area contributed by atoms with Crippen molar-refractivity contribution in [1.29, 1.82) is 0 Å². The molecular formula is C13H24N2O2S2. The van der Waals surface area contributed by atoms with Gasteiger partial charge in [0.1, 0.15) is 0 Å². The fourth-order valence-corrected chi connectivity index (χ4v) is 3.67. The molecule has 0 spiro atoms. The van der Waals surface area contributed by atoms with E-state index in [1.54, 1.807) is 11.3 Å². The smallest absolute Gasteiger partial charge is 0.211 e. The Balaban J connectivity index is 2.23. The van der Waals surface area contributed by atoms with E-state index in [9.17, 15) is 8.42 Å². The SMILES string of the molecule is Cc1ccsc1CNS(=O)(=O)CCCCNC(C)C. The summed E-state index contributed by atoms with van der Waals surface area (Å²) in [7, 11) is -3.15. The van der Waals surface area contributed by atoms with Crippen molar-refractivity contribution >= 4 is 21.4 Å². The lowest BCUT2D eigenvalue weighted by Gasteiger charge is -2.08. The van der Waals surface area contributed by atoms with Gasteiger partial charge in [0.05, 0.1) is 5.75 Å². The first-order chi connectivity index (χ1) is 8.91. The summed E-state index contributed by atoms with van der Waals surface area (Å²) in [6.45, 7) is 7.45. The molecule has 1 aromatic heterocycles. The van der Waals surface area contributed by atoms with Crippen molar-refractivity contribution in [2.75, 3.05) is 12.3 Å². The third-order valence-corrected chi connectivity index (χ3v) is 5.25. The Hall–Kier alpha value is -0.430. The van der Waals surface area contributed by atoms with Crippen molar-refractivity contribution in [2.45, 2.75) is 46.2 Å². The highest BCUT2D eigenvalue weighted by Gasteiger charge is 2.10. The highest BCUT2D eigenvalue weighted by atomic mass is 32.2. The molecule has 0 radical (unpaired) electrons. The summed E-state index contributed by atoms with van der Waals surface area (Å²) in [5, 5.41) is 5.26. The number of sulfonamides is 1. The van der Waals surface area contributed by atoms with E-state index in [-0.39, 0.29) is 5.75 Å². The topological polar surface area (TPSA) is 58.2 Å². The molecule has 0 aliphatic carbocycles. The molecule has 6 heteroatoms. The summed E-state index contributed by atoms with van der Waals surface area (Å²) in [5.41, 5.74) is 1.15. The van der Waals surface area contributed by atoms with Crippen LogP contribution in [-0.2, 0) is 16.6 Å². The lowest BCUT2D eigenvalue weighted by atomic mass is 10.3. The number of hydrogen-bond donors (Lipinski definition) is 2. The zero-order valence-electron chi connectivity index (χ0n) is 11.9. The molecule has 0 fully saturated rings. The van der Waals surface area contributed by atoms with Crippen LogP contribution in [0.2, 0.25) is 0 Å². The van der Waals surface area contributed by atoms with Gasteiger partial charge in [-0.05, 0) is 43.3 Å². The fourth-order valence-electron chi connectivity index (χ4n) is 1.64. The molecule has 19 heavy (non-hydrogen) atoms. The van der Waals surface area contributed by atoms with Gasteiger partial charge in [0.15, 0.2) is 0 Å². The minimum Gasteiger partial charge on any atom is -0.315 e. The van der Waals surface area contributed by atoms with Crippen LogP contribution >= 0.6 is 11.3 Å². The fraction of sp³-hybridized carbons (Fsp3) is 0.692.